The van der Waals surface area contributed by atoms with Crippen molar-refractivity contribution >= 4 is 5.91 Å². The lowest BCUT2D eigenvalue weighted by Crippen LogP contribution is -2.45. The first-order chi connectivity index (χ1) is 10.5. The van der Waals surface area contributed by atoms with Gasteiger partial charge in [-0.05, 0) is 57.2 Å². The van der Waals surface area contributed by atoms with Gasteiger partial charge in [-0.15, -0.1) is 0 Å². The summed E-state index contributed by atoms with van der Waals surface area (Å²) in [7, 11) is 0. The second kappa shape index (κ2) is 8.18. The molecule has 1 aliphatic rings. The molecular formula is C18H28N2O2. The second-order valence-corrected chi connectivity index (χ2v) is 6.44. The van der Waals surface area contributed by atoms with Crippen LogP contribution in [0.3, 0.4) is 0 Å². The molecule has 0 aromatic heterocycles. The van der Waals surface area contributed by atoms with Gasteiger partial charge >= 0.3 is 0 Å². The van der Waals surface area contributed by atoms with E-state index in [0.717, 1.165) is 31.4 Å². The number of carbonyl (C=O) groups excluding carboxylic acids is 1. The zero-order chi connectivity index (χ0) is 15.9. The van der Waals surface area contributed by atoms with Gasteiger partial charge in [0.2, 0.25) is 5.91 Å². The highest BCUT2D eigenvalue weighted by atomic mass is 16.5. The van der Waals surface area contributed by atoms with Crippen molar-refractivity contribution in [2.45, 2.75) is 64.6 Å². The molecule has 1 amide bonds. The molecule has 2 N–H and O–H groups in total. The Morgan fingerprint density at radius 2 is 1.95 bits per heavy atom. The van der Waals surface area contributed by atoms with E-state index < -0.39 is 0 Å². The van der Waals surface area contributed by atoms with Crippen LogP contribution in [0.15, 0.2) is 24.3 Å². The fourth-order valence-corrected chi connectivity index (χ4v) is 3.07. The van der Waals surface area contributed by atoms with Crippen molar-refractivity contribution in [1.29, 1.82) is 0 Å². The molecule has 1 aromatic carbocycles. The van der Waals surface area contributed by atoms with Crippen molar-refractivity contribution < 1.29 is 9.53 Å². The van der Waals surface area contributed by atoms with Crippen molar-refractivity contribution in [2.24, 2.45) is 0 Å². The van der Waals surface area contributed by atoms with Crippen molar-refractivity contribution in [1.82, 2.24) is 10.6 Å². The molecule has 0 saturated heterocycles. The smallest absolute Gasteiger partial charge is 0.217 e. The predicted octanol–water partition coefficient (Wildman–Crippen LogP) is 2.80. The number of benzene rings is 1. The van der Waals surface area contributed by atoms with Crippen molar-refractivity contribution in [3.05, 3.63) is 29.8 Å². The molecule has 0 aliphatic heterocycles. The van der Waals surface area contributed by atoms with E-state index in [-0.39, 0.29) is 5.91 Å². The highest BCUT2D eigenvalue weighted by Gasteiger charge is 2.22. The molecule has 0 spiro atoms. The van der Waals surface area contributed by atoms with E-state index in [2.05, 4.69) is 36.6 Å². The van der Waals surface area contributed by atoms with Gasteiger partial charge in [-0.1, -0.05) is 12.1 Å². The monoisotopic (exact) mass is 304 g/mol. The number of ether oxygens (including phenoxy) is 1. The molecule has 122 valence electrons. The van der Waals surface area contributed by atoms with Gasteiger partial charge in [-0.2, -0.15) is 0 Å². The number of amides is 1. The van der Waals surface area contributed by atoms with Gasteiger partial charge in [-0.25, -0.2) is 0 Å². The first-order valence-electron chi connectivity index (χ1n) is 8.25. The van der Waals surface area contributed by atoms with Crippen LogP contribution in [0.5, 0.6) is 5.75 Å². The van der Waals surface area contributed by atoms with Gasteiger partial charge in [0.25, 0.3) is 0 Å². The summed E-state index contributed by atoms with van der Waals surface area (Å²) >= 11 is 0. The van der Waals surface area contributed by atoms with Gasteiger partial charge in [0.05, 0.1) is 0 Å². The van der Waals surface area contributed by atoms with Gasteiger partial charge in [0.1, 0.15) is 12.4 Å². The summed E-state index contributed by atoms with van der Waals surface area (Å²) in [5.74, 6) is 1.01. The number of carbonyl (C=O) groups is 1. The van der Waals surface area contributed by atoms with E-state index in [4.69, 9.17) is 4.74 Å². The molecule has 0 bridgehead atoms. The van der Waals surface area contributed by atoms with Crippen LogP contribution < -0.4 is 15.4 Å². The Morgan fingerprint density at radius 1 is 1.27 bits per heavy atom. The molecule has 2 rings (SSSR count). The number of rotatable bonds is 6. The van der Waals surface area contributed by atoms with Crippen molar-refractivity contribution in [3.8, 4) is 5.75 Å². The molecule has 1 aromatic rings. The Hall–Kier alpha value is -1.55. The first kappa shape index (κ1) is 16.8. The number of hydrogen-bond acceptors (Lipinski definition) is 3. The van der Waals surface area contributed by atoms with Gasteiger partial charge in [-0.3, -0.25) is 4.79 Å². The minimum atomic E-state index is 0.0799. The minimum absolute atomic E-state index is 0.0799. The Kier molecular flexibility index (Phi) is 6.25. The summed E-state index contributed by atoms with van der Waals surface area (Å²) in [4.78, 5) is 11.1. The Labute approximate surface area is 133 Å². The van der Waals surface area contributed by atoms with Crippen LogP contribution in [0.2, 0.25) is 0 Å². The lowest BCUT2D eigenvalue weighted by atomic mass is 9.90. The summed E-state index contributed by atoms with van der Waals surface area (Å²) < 4.78 is 5.84. The highest BCUT2D eigenvalue weighted by Crippen LogP contribution is 2.19. The SMILES string of the molecule is CC(=O)NC1CCC(NC(C)COc2cccc(C)c2)CC1. The summed E-state index contributed by atoms with van der Waals surface area (Å²) in [6.45, 7) is 6.50. The maximum Gasteiger partial charge on any atom is 0.217 e. The van der Waals surface area contributed by atoms with Crippen LogP contribution >= 0.6 is 0 Å². The van der Waals surface area contributed by atoms with E-state index >= 15 is 0 Å². The highest BCUT2D eigenvalue weighted by molar-refractivity contribution is 5.73. The van der Waals surface area contributed by atoms with E-state index in [1.54, 1.807) is 6.92 Å². The lowest BCUT2D eigenvalue weighted by Gasteiger charge is -2.31. The van der Waals surface area contributed by atoms with E-state index in [1.807, 2.05) is 12.1 Å². The molecule has 1 saturated carbocycles. The van der Waals surface area contributed by atoms with E-state index in [9.17, 15) is 4.79 Å². The van der Waals surface area contributed by atoms with Crippen LogP contribution in [0.4, 0.5) is 0 Å². The van der Waals surface area contributed by atoms with Crippen LogP contribution in [0, 0.1) is 6.92 Å². The molecular weight excluding hydrogens is 276 g/mol. The molecule has 1 atom stereocenters. The zero-order valence-corrected chi connectivity index (χ0v) is 13.9. The molecule has 1 aliphatic carbocycles. The summed E-state index contributed by atoms with van der Waals surface area (Å²) in [5.41, 5.74) is 1.22. The summed E-state index contributed by atoms with van der Waals surface area (Å²) in [6.07, 6.45) is 4.34. The van der Waals surface area contributed by atoms with Crippen molar-refractivity contribution in [3.63, 3.8) is 0 Å². The van der Waals surface area contributed by atoms with E-state index in [0.29, 0.717) is 24.7 Å². The number of hydrogen-bond donors (Lipinski definition) is 2. The fourth-order valence-electron chi connectivity index (χ4n) is 3.07. The topological polar surface area (TPSA) is 50.4 Å². The third-order valence-corrected chi connectivity index (χ3v) is 4.14. The van der Waals surface area contributed by atoms with Crippen LogP contribution in [0.25, 0.3) is 0 Å². The fraction of sp³-hybridized carbons (Fsp3) is 0.611. The maximum absolute atomic E-state index is 11.1. The Bertz CT molecular complexity index is 482. The molecule has 4 nitrogen and oxygen atoms in total. The minimum Gasteiger partial charge on any atom is -0.492 e. The second-order valence-electron chi connectivity index (χ2n) is 6.44. The standard InChI is InChI=1S/C18H28N2O2/c1-13-5-4-6-18(11-13)22-12-14(2)19-16-7-9-17(10-8-16)20-15(3)21/h4-6,11,14,16-17,19H,7-10,12H2,1-3H3,(H,20,21). The largest absolute Gasteiger partial charge is 0.492 e. The molecule has 0 radical (unpaired) electrons. The average Bonchev–Trinajstić information content (AvgIpc) is 2.47. The van der Waals surface area contributed by atoms with Crippen LogP contribution in [0.1, 0.15) is 45.1 Å². The maximum atomic E-state index is 11.1. The third kappa shape index (κ3) is 5.68. The summed E-state index contributed by atoms with van der Waals surface area (Å²) in [5, 5.41) is 6.66. The average molecular weight is 304 g/mol. The lowest BCUT2D eigenvalue weighted by molar-refractivity contribution is -0.119. The first-order valence-corrected chi connectivity index (χ1v) is 8.25. The van der Waals surface area contributed by atoms with Gasteiger partial charge in [0.15, 0.2) is 0 Å². The van der Waals surface area contributed by atoms with Crippen LogP contribution in [-0.2, 0) is 4.79 Å². The predicted molar refractivity (Wildman–Crippen MR) is 89.1 cm³/mol. The molecule has 1 fully saturated rings. The summed E-state index contributed by atoms with van der Waals surface area (Å²) in [6, 6.07) is 9.36. The molecule has 4 heteroatoms. The molecule has 1 unspecified atom stereocenters. The Balaban J connectivity index is 1.67. The third-order valence-electron chi connectivity index (χ3n) is 4.14. The molecule has 0 heterocycles. The van der Waals surface area contributed by atoms with Crippen LogP contribution in [-0.4, -0.2) is 30.6 Å². The van der Waals surface area contributed by atoms with E-state index in [1.165, 1.54) is 5.56 Å². The normalized spacial score (nSPS) is 22.9. The number of nitrogens with one attached hydrogen (secondary N) is 2. The zero-order valence-electron chi connectivity index (χ0n) is 13.9. The quantitative estimate of drug-likeness (QED) is 0.849. The van der Waals surface area contributed by atoms with Crippen molar-refractivity contribution in [2.75, 3.05) is 6.61 Å². The molecule has 22 heavy (non-hydrogen) atoms. The van der Waals surface area contributed by atoms with Gasteiger partial charge in [0, 0.05) is 25.0 Å². The number of aryl methyl sites for hydroxylation is 1. The Morgan fingerprint density at radius 3 is 2.59 bits per heavy atom. The van der Waals surface area contributed by atoms with Gasteiger partial charge < -0.3 is 15.4 Å².